The molecular formula is C13H23N5S. The highest BCUT2D eigenvalue weighted by Crippen LogP contribution is 2.25. The average Bonchev–Trinajstić information content (AvgIpc) is 2.92. The van der Waals surface area contributed by atoms with E-state index in [0.29, 0.717) is 11.2 Å². The third-order valence-corrected chi connectivity index (χ3v) is 4.34. The lowest BCUT2D eigenvalue weighted by atomic mass is 10.4. The zero-order valence-electron chi connectivity index (χ0n) is 12.0. The van der Waals surface area contributed by atoms with E-state index in [1.807, 2.05) is 0 Å². The third-order valence-electron chi connectivity index (χ3n) is 3.21. The van der Waals surface area contributed by atoms with Gasteiger partial charge in [0.25, 0.3) is 0 Å². The standard InChI is InChI=1S/C13H23N5S/c1-4-10(3)19-13-16-11(14-5-2)15-12(17-13)18-8-6-7-9-18/h10H,4-9H2,1-3H3,(H,14,15,16,17). The van der Waals surface area contributed by atoms with Crippen LogP contribution in [0.3, 0.4) is 0 Å². The van der Waals surface area contributed by atoms with E-state index in [-0.39, 0.29) is 0 Å². The molecule has 2 heterocycles. The predicted octanol–water partition coefficient (Wildman–Crippen LogP) is 2.79. The van der Waals surface area contributed by atoms with E-state index in [4.69, 9.17) is 0 Å². The van der Waals surface area contributed by atoms with E-state index < -0.39 is 0 Å². The summed E-state index contributed by atoms with van der Waals surface area (Å²) in [4.78, 5) is 15.9. The van der Waals surface area contributed by atoms with Crippen LogP contribution in [0.15, 0.2) is 5.16 Å². The van der Waals surface area contributed by atoms with Crippen molar-refractivity contribution in [3.63, 3.8) is 0 Å². The molecule has 1 aromatic heterocycles. The van der Waals surface area contributed by atoms with Crippen molar-refractivity contribution in [1.82, 2.24) is 15.0 Å². The molecule has 2 rings (SSSR count). The molecule has 19 heavy (non-hydrogen) atoms. The highest BCUT2D eigenvalue weighted by atomic mass is 32.2. The van der Waals surface area contributed by atoms with Crippen LogP contribution >= 0.6 is 11.8 Å². The number of hydrogen-bond donors (Lipinski definition) is 1. The second-order valence-corrected chi connectivity index (χ2v) is 6.21. The molecule has 5 nitrogen and oxygen atoms in total. The number of aromatic nitrogens is 3. The number of nitrogens with one attached hydrogen (secondary N) is 1. The highest BCUT2D eigenvalue weighted by Gasteiger charge is 2.18. The van der Waals surface area contributed by atoms with Crippen LogP contribution < -0.4 is 10.2 Å². The van der Waals surface area contributed by atoms with Gasteiger partial charge >= 0.3 is 0 Å². The Kier molecular flexibility index (Phi) is 5.24. The molecule has 1 N–H and O–H groups in total. The Labute approximate surface area is 119 Å². The second kappa shape index (κ2) is 6.93. The van der Waals surface area contributed by atoms with E-state index in [0.717, 1.165) is 37.2 Å². The molecule has 0 bridgehead atoms. The van der Waals surface area contributed by atoms with Crippen molar-refractivity contribution in [2.24, 2.45) is 0 Å². The monoisotopic (exact) mass is 281 g/mol. The molecule has 1 fully saturated rings. The van der Waals surface area contributed by atoms with Gasteiger partial charge in [-0.3, -0.25) is 0 Å². The zero-order valence-corrected chi connectivity index (χ0v) is 12.8. The molecule has 0 aliphatic carbocycles. The molecule has 1 aliphatic heterocycles. The molecule has 106 valence electrons. The zero-order chi connectivity index (χ0) is 13.7. The normalized spacial score (nSPS) is 16.7. The van der Waals surface area contributed by atoms with Crippen molar-refractivity contribution in [2.75, 3.05) is 29.9 Å². The maximum absolute atomic E-state index is 4.61. The summed E-state index contributed by atoms with van der Waals surface area (Å²) < 4.78 is 0. The highest BCUT2D eigenvalue weighted by molar-refractivity contribution is 7.99. The van der Waals surface area contributed by atoms with Crippen LogP contribution in [0.2, 0.25) is 0 Å². The first-order valence-electron chi connectivity index (χ1n) is 7.14. The Bertz CT molecular complexity index is 406. The maximum Gasteiger partial charge on any atom is 0.231 e. The minimum absolute atomic E-state index is 0.531. The van der Waals surface area contributed by atoms with Gasteiger partial charge in [-0.25, -0.2) is 0 Å². The van der Waals surface area contributed by atoms with Crippen LogP contribution in [0.5, 0.6) is 0 Å². The quantitative estimate of drug-likeness (QED) is 0.809. The summed E-state index contributed by atoms with van der Waals surface area (Å²) in [6, 6.07) is 0. The van der Waals surface area contributed by atoms with E-state index >= 15 is 0 Å². The Morgan fingerprint density at radius 3 is 2.58 bits per heavy atom. The molecule has 0 radical (unpaired) electrons. The maximum atomic E-state index is 4.61. The smallest absolute Gasteiger partial charge is 0.231 e. The van der Waals surface area contributed by atoms with Crippen LogP contribution in [0.4, 0.5) is 11.9 Å². The van der Waals surface area contributed by atoms with Crippen LogP contribution in [0.1, 0.15) is 40.0 Å². The van der Waals surface area contributed by atoms with Gasteiger partial charge in [0.15, 0.2) is 5.16 Å². The molecule has 0 spiro atoms. The minimum atomic E-state index is 0.531. The molecule has 1 aromatic rings. The van der Waals surface area contributed by atoms with Crippen LogP contribution in [0, 0.1) is 0 Å². The van der Waals surface area contributed by atoms with Gasteiger partial charge in [0.2, 0.25) is 11.9 Å². The van der Waals surface area contributed by atoms with E-state index in [1.54, 1.807) is 11.8 Å². The lowest BCUT2D eigenvalue weighted by molar-refractivity contribution is 0.818. The summed E-state index contributed by atoms with van der Waals surface area (Å²) >= 11 is 1.73. The topological polar surface area (TPSA) is 53.9 Å². The largest absolute Gasteiger partial charge is 0.354 e. The van der Waals surface area contributed by atoms with Gasteiger partial charge in [0.05, 0.1) is 0 Å². The van der Waals surface area contributed by atoms with Crippen molar-refractivity contribution >= 4 is 23.7 Å². The van der Waals surface area contributed by atoms with Gasteiger partial charge in [-0.1, -0.05) is 25.6 Å². The minimum Gasteiger partial charge on any atom is -0.354 e. The lowest BCUT2D eigenvalue weighted by Crippen LogP contribution is -2.22. The molecule has 0 saturated carbocycles. The Balaban J connectivity index is 2.20. The summed E-state index contributed by atoms with van der Waals surface area (Å²) in [6.45, 7) is 9.39. The average molecular weight is 281 g/mol. The number of hydrogen-bond acceptors (Lipinski definition) is 6. The fourth-order valence-electron chi connectivity index (χ4n) is 1.96. The number of rotatable bonds is 6. The van der Waals surface area contributed by atoms with Gasteiger partial charge in [0.1, 0.15) is 0 Å². The second-order valence-electron chi connectivity index (χ2n) is 4.80. The van der Waals surface area contributed by atoms with Crippen molar-refractivity contribution in [1.29, 1.82) is 0 Å². The van der Waals surface area contributed by atoms with Crippen LogP contribution in [0.25, 0.3) is 0 Å². The third kappa shape index (κ3) is 3.96. The lowest BCUT2D eigenvalue weighted by Gasteiger charge is -2.17. The van der Waals surface area contributed by atoms with Crippen LogP contribution in [-0.4, -0.2) is 39.8 Å². The summed E-state index contributed by atoms with van der Waals surface area (Å²) in [6.07, 6.45) is 3.58. The predicted molar refractivity (Wildman–Crippen MR) is 81.0 cm³/mol. The number of nitrogens with zero attached hydrogens (tertiary/aromatic N) is 4. The summed E-state index contributed by atoms with van der Waals surface area (Å²) in [5.74, 6) is 1.53. The van der Waals surface area contributed by atoms with E-state index in [2.05, 4.69) is 45.9 Å². The van der Waals surface area contributed by atoms with E-state index in [9.17, 15) is 0 Å². The molecule has 0 aromatic carbocycles. The summed E-state index contributed by atoms with van der Waals surface area (Å²) in [5, 5.41) is 4.57. The van der Waals surface area contributed by atoms with Crippen molar-refractivity contribution in [3.8, 4) is 0 Å². The molecule has 1 aliphatic rings. The van der Waals surface area contributed by atoms with Gasteiger partial charge in [0, 0.05) is 24.9 Å². The Hall–Kier alpha value is -1.04. The number of anilines is 2. The molecule has 1 saturated heterocycles. The van der Waals surface area contributed by atoms with Crippen molar-refractivity contribution < 1.29 is 0 Å². The fourth-order valence-corrected chi connectivity index (χ4v) is 2.76. The molecule has 0 amide bonds. The Morgan fingerprint density at radius 1 is 1.21 bits per heavy atom. The van der Waals surface area contributed by atoms with Gasteiger partial charge < -0.3 is 10.2 Å². The first-order chi connectivity index (χ1) is 9.22. The molecule has 6 heteroatoms. The number of thioether (sulfide) groups is 1. The molecule has 1 unspecified atom stereocenters. The van der Waals surface area contributed by atoms with Crippen molar-refractivity contribution in [3.05, 3.63) is 0 Å². The van der Waals surface area contributed by atoms with Gasteiger partial charge in [-0.05, 0) is 26.2 Å². The molecule has 1 atom stereocenters. The first kappa shape index (κ1) is 14.4. The fraction of sp³-hybridized carbons (Fsp3) is 0.769. The van der Waals surface area contributed by atoms with Crippen LogP contribution in [-0.2, 0) is 0 Å². The van der Waals surface area contributed by atoms with Gasteiger partial charge in [-0.15, -0.1) is 0 Å². The van der Waals surface area contributed by atoms with Gasteiger partial charge in [-0.2, -0.15) is 15.0 Å². The first-order valence-corrected chi connectivity index (χ1v) is 8.02. The summed E-state index contributed by atoms with van der Waals surface area (Å²) in [7, 11) is 0. The Morgan fingerprint density at radius 2 is 1.95 bits per heavy atom. The summed E-state index contributed by atoms with van der Waals surface area (Å²) in [5.41, 5.74) is 0. The van der Waals surface area contributed by atoms with E-state index in [1.165, 1.54) is 12.8 Å². The van der Waals surface area contributed by atoms with Crippen molar-refractivity contribution in [2.45, 2.75) is 50.4 Å². The molecular weight excluding hydrogens is 258 g/mol. The SMILES string of the molecule is CCNc1nc(SC(C)CC)nc(N2CCCC2)n1.